The van der Waals surface area contributed by atoms with E-state index in [9.17, 15) is 0 Å². The van der Waals surface area contributed by atoms with Crippen molar-refractivity contribution in [2.24, 2.45) is 10.8 Å². The van der Waals surface area contributed by atoms with Crippen molar-refractivity contribution in [1.82, 2.24) is 5.32 Å². The Morgan fingerprint density at radius 3 is 2.36 bits per heavy atom. The summed E-state index contributed by atoms with van der Waals surface area (Å²) in [6.07, 6.45) is 5.78. The predicted octanol–water partition coefficient (Wildman–Crippen LogP) is 2.18. The molecule has 2 aliphatic rings. The first-order valence-electron chi connectivity index (χ1n) is 4.83. The van der Waals surface area contributed by atoms with Gasteiger partial charge in [-0.2, -0.15) is 0 Å². The molecule has 0 aromatic carbocycles. The minimum Gasteiger partial charge on any atom is -0.316 e. The molecule has 0 amide bonds. The summed E-state index contributed by atoms with van der Waals surface area (Å²) in [5, 5.41) is 3.49. The van der Waals surface area contributed by atoms with Gasteiger partial charge in [0.2, 0.25) is 0 Å². The monoisotopic (exact) mass is 153 g/mol. The molecule has 1 saturated heterocycles. The van der Waals surface area contributed by atoms with Crippen molar-refractivity contribution < 1.29 is 0 Å². The summed E-state index contributed by atoms with van der Waals surface area (Å²) in [6, 6.07) is 0. The first-order valence-corrected chi connectivity index (χ1v) is 4.83. The third-order valence-corrected chi connectivity index (χ3v) is 3.52. The Hall–Kier alpha value is -0.0400. The van der Waals surface area contributed by atoms with Gasteiger partial charge in [-0.15, -0.1) is 0 Å². The van der Waals surface area contributed by atoms with Crippen LogP contribution in [0.2, 0.25) is 0 Å². The van der Waals surface area contributed by atoms with Gasteiger partial charge in [0.05, 0.1) is 0 Å². The molecule has 0 radical (unpaired) electrons. The molecule has 2 fully saturated rings. The van der Waals surface area contributed by atoms with Crippen LogP contribution in [0.4, 0.5) is 0 Å². The van der Waals surface area contributed by atoms with E-state index < -0.39 is 0 Å². The molecule has 1 atom stereocenters. The summed E-state index contributed by atoms with van der Waals surface area (Å²) >= 11 is 0. The van der Waals surface area contributed by atoms with Gasteiger partial charge in [0, 0.05) is 6.54 Å². The third kappa shape index (κ3) is 1.31. The van der Waals surface area contributed by atoms with Gasteiger partial charge < -0.3 is 5.32 Å². The van der Waals surface area contributed by atoms with E-state index in [1.165, 1.54) is 38.8 Å². The predicted molar refractivity (Wildman–Crippen MR) is 47.6 cm³/mol. The second-order valence-corrected chi connectivity index (χ2v) is 5.27. The first kappa shape index (κ1) is 7.60. The quantitative estimate of drug-likeness (QED) is 0.562. The normalized spacial score (nSPS) is 42.0. The summed E-state index contributed by atoms with van der Waals surface area (Å²) in [5.41, 5.74) is 1.34. The number of rotatable bonds is 0. The molecule has 2 rings (SSSR count). The summed E-state index contributed by atoms with van der Waals surface area (Å²) in [5.74, 6) is 0. The van der Waals surface area contributed by atoms with Crippen LogP contribution in [0, 0.1) is 10.8 Å². The van der Waals surface area contributed by atoms with E-state index in [0.717, 1.165) is 0 Å². The van der Waals surface area contributed by atoms with Crippen LogP contribution in [0.1, 0.15) is 39.5 Å². The van der Waals surface area contributed by atoms with Crippen molar-refractivity contribution in [3.8, 4) is 0 Å². The van der Waals surface area contributed by atoms with Gasteiger partial charge in [-0.05, 0) is 43.1 Å². The fraction of sp³-hybridized carbons (Fsp3) is 1.00. The highest BCUT2D eigenvalue weighted by Gasteiger charge is 2.44. The molecule has 0 aromatic heterocycles. The van der Waals surface area contributed by atoms with Crippen molar-refractivity contribution in [2.45, 2.75) is 39.5 Å². The maximum atomic E-state index is 3.49. The van der Waals surface area contributed by atoms with Gasteiger partial charge in [0.1, 0.15) is 0 Å². The molecule has 1 nitrogen and oxygen atoms in total. The van der Waals surface area contributed by atoms with Crippen LogP contribution < -0.4 is 5.32 Å². The molecule has 1 N–H and O–H groups in total. The Kier molecular flexibility index (Phi) is 1.54. The van der Waals surface area contributed by atoms with Crippen molar-refractivity contribution in [2.75, 3.05) is 13.1 Å². The standard InChI is InChI=1S/C10H19N/c1-9(2)3-4-10(7-9)5-6-11-8-10/h11H,3-8H2,1-2H3. The molecule has 1 saturated carbocycles. The lowest BCUT2D eigenvalue weighted by Crippen LogP contribution is -2.21. The molecule has 0 bridgehead atoms. The highest BCUT2D eigenvalue weighted by atomic mass is 14.9. The average molecular weight is 153 g/mol. The molecule has 1 heteroatoms. The molecule has 11 heavy (non-hydrogen) atoms. The van der Waals surface area contributed by atoms with Crippen LogP contribution in [0.5, 0.6) is 0 Å². The van der Waals surface area contributed by atoms with Gasteiger partial charge in [0.25, 0.3) is 0 Å². The van der Waals surface area contributed by atoms with Gasteiger partial charge in [-0.3, -0.25) is 0 Å². The summed E-state index contributed by atoms with van der Waals surface area (Å²) in [6.45, 7) is 7.38. The van der Waals surface area contributed by atoms with Crippen molar-refractivity contribution in [1.29, 1.82) is 0 Å². The Morgan fingerprint density at radius 1 is 1.09 bits per heavy atom. The second-order valence-electron chi connectivity index (χ2n) is 5.27. The topological polar surface area (TPSA) is 12.0 Å². The van der Waals surface area contributed by atoms with Crippen LogP contribution in [0.25, 0.3) is 0 Å². The highest BCUT2D eigenvalue weighted by molar-refractivity contribution is 4.97. The molecule has 64 valence electrons. The Labute approximate surface area is 69.6 Å². The second kappa shape index (κ2) is 2.22. The number of hydrogen-bond acceptors (Lipinski definition) is 1. The van der Waals surface area contributed by atoms with E-state index in [2.05, 4.69) is 19.2 Å². The zero-order valence-corrected chi connectivity index (χ0v) is 7.74. The molecule has 1 unspecified atom stereocenters. The number of hydrogen-bond donors (Lipinski definition) is 1. The van der Waals surface area contributed by atoms with Crippen LogP contribution in [-0.2, 0) is 0 Å². The van der Waals surface area contributed by atoms with Gasteiger partial charge >= 0.3 is 0 Å². The van der Waals surface area contributed by atoms with E-state index in [0.29, 0.717) is 10.8 Å². The zero-order valence-electron chi connectivity index (χ0n) is 7.74. The third-order valence-electron chi connectivity index (χ3n) is 3.52. The van der Waals surface area contributed by atoms with E-state index in [-0.39, 0.29) is 0 Å². The molecule has 1 heterocycles. The minimum atomic E-state index is 0.631. The van der Waals surface area contributed by atoms with Crippen LogP contribution in [-0.4, -0.2) is 13.1 Å². The molecule has 0 aromatic rings. The van der Waals surface area contributed by atoms with E-state index in [1.54, 1.807) is 0 Å². The Morgan fingerprint density at radius 2 is 1.91 bits per heavy atom. The van der Waals surface area contributed by atoms with E-state index in [1.807, 2.05) is 0 Å². The lowest BCUT2D eigenvalue weighted by Gasteiger charge is -2.24. The minimum absolute atomic E-state index is 0.631. The van der Waals surface area contributed by atoms with Crippen LogP contribution in [0.15, 0.2) is 0 Å². The Bertz CT molecular complexity index is 154. The van der Waals surface area contributed by atoms with Gasteiger partial charge in [-0.25, -0.2) is 0 Å². The van der Waals surface area contributed by atoms with Gasteiger partial charge in [0.15, 0.2) is 0 Å². The maximum Gasteiger partial charge on any atom is 0.000849 e. The SMILES string of the molecule is CC1(C)CCC2(CCNC2)C1. The smallest absolute Gasteiger partial charge is 0.000849 e. The number of nitrogens with one attached hydrogen (secondary N) is 1. The van der Waals surface area contributed by atoms with Crippen LogP contribution >= 0.6 is 0 Å². The zero-order chi connectivity index (χ0) is 7.95. The molecular weight excluding hydrogens is 134 g/mol. The summed E-state index contributed by atoms with van der Waals surface area (Å²) in [7, 11) is 0. The lowest BCUT2D eigenvalue weighted by molar-refractivity contribution is 0.279. The molecular formula is C10H19N. The van der Waals surface area contributed by atoms with E-state index >= 15 is 0 Å². The maximum absolute atomic E-state index is 3.49. The van der Waals surface area contributed by atoms with Crippen molar-refractivity contribution in [3.05, 3.63) is 0 Å². The fourth-order valence-electron chi connectivity index (χ4n) is 2.96. The van der Waals surface area contributed by atoms with Crippen molar-refractivity contribution >= 4 is 0 Å². The molecule has 1 spiro atoms. The molecule has 1 aliphatic carbocycles. The van der Waals surface area contributed by atoms with Crippen LogP contribution in [0.3, 0.4) is 0 Å². The molecule has 1 aliphatic heterocycles. The van der Waals surface area contributed by atoms with Crippen molar-refractivity contribution in [3.63, 3.8) is 0 Å². The fourth-order valence-corrected chi connectivity index (χ4v) is 2.96. The average Bonchev–Trinajstić information content (AvgIpc) is 2.43. The van der Waals surface area contributed by atoms with E-state index in [4.69, 9.17) is 0 Å². The summed E-state index contributed by atoms with van der Waals surface area (Å²) in [4.78, 5) is 0. The highest BCUT2D eigenvalue weighted by Crippen LogP contribution is 2.51. The lowest BCUT2D eigenvalue weighted by atomic mass is 9.81. The van der Waals surface area contributed by atoms with Gasteiger partial charge in [-0.1, -0.05) is 13.8 Å². The summed E-state index contributed by atoms with van der Waals surface area (Å²) < 4.78 is 0. The Balaban J connectivity index is 2.07. The first-order chi connectivity index (χ1) is 5.12. The largest absolute Gasteiger partial charge is 0.316 e.